The molecule has 0 aliphatic heterocycles. The lowest BCUT2D eigenvalue weighted by Gasteiger charge is -2.02. The van der Waals surface area contributed by atoms with E-state index in [-0.39, 0.29) is 5.91 Å². The second kappa shape index (κ2) is 6.75. The fourth-order valence-corrected chi connectivity index (χ4v) is 2.15. The third kappa shape index (κ3) is 3.55. The second-order valence-electron chi connectivity index (χ2n) is 4.96. The van der Waals surface area contributed by atoms with Crippen LogP contribution in [0.2, 0.25) is 0 Å². The first-order valence-electron chi connectivity index (χ1n) is 7.24. The third-order valence-electron chi connectivity index (χ3n) is 3.40. The van der Waals surface area contributed by atoms with Crippen molar-refractivity contribution in [3.63, 3.8) is 0 Å². The van der Waals surface area contributed by atoms with Crippen LogP contribution in [0.4, 0.5) is 0 Å². The molecule has 1 aromatic heterocycles. The van der Waals surface area contributed by atoms with E-state index in [0.29, 0.717) is 11.3 Å². The summed E-state index contributed by atoms with van der Waals surface area (Å²) in [6.07, 6.45) is 5.51. The maximum atomic E-state index is 12.4. The average molecular weight is 304 g/mol. The maximum absolute atomic E-state index is 12.4. The van der Waals surface area contributed by atoms with Crippen molar-refractivity contribution in [1.29, 1.82) is 0 Å². The zero-order valence-corrected chi connectivity index (χ0v) is 12.7. The summed E-state index contributed by atoms with van der Waals surface area (Å²) in [5.74, 6) is 0.542. The van der Waals surface area contributed by atoms with Crippen LogP contribution in [0.25, 0.3) is 12.2 Å². The van der Waals surface area contributed by atoms with Gasteiger partial charge in [0, 0.05) is 11.8 Å². The van der Waals surface area contributed by atoms with Gasteiger partial charge in [0.15, 0.2) is 0 Å². The van der Waals surface area contributed by atoms with Gasteiger partial charge >= 0.3 is 0 Å². The van der Waals surface area contributed by atoms with Crippen molar-refractivity contribution in [2.45, 2.75) is 0 Å². The van der Waals surface area contributed by atoms with Gasteiger partial charge in [0.05, 0.1) is 12.8 Å². The van der Waals surface area contributed by atoms with E-state index in [1.54, 1.807) is 43.6 Å². The number of hydrogen-bond acceptors (Lipinski definition) is 3. The molecule has 4 nitrogen and oxygen atoms in total. The van der Waals surface area contributed by atoms with Gasteiger partial charge in [-0.05, 0) is 42.0 Å². The minimum atomic E-state index is -0.174. The van der Waals surface area contributed by atoms with Gasteiger partial charge in [0.25, 0.3) is 5.91 Å². The molecular formula is C19H16N2O2. The Morgan fingerprint density at radius 2 is 1.74 bits per heavy atom. The normalized spacial score (nSPS) is 10.8. The summed E-state index contributed by atoms with van der Waals surface area (Å²) >= 11 is 0. The first kappa shape index (κ1) is 14.8. The molecule has 0 fully saturated rings. The predicted molar refractivity (Wildman–Crippen MR) is 90.3 cm³/mol. The van der Waals surface area contributed by atoms with Crippen LogP contribution in [0.3, 0.4) is 0 Å². The van der Waals surface area contributed by atoms with Crippen LogP contribution in [0.1, 0.15) is 21.6 Å². The zero-order chi connectivity index (χ0) is 16.1. The molecule has 23 heavy (non-hydrogen) atoms. The number of nitrogens with zero attached hydrogens (tertiary/aromatic N) is 2. The van der Waals surface area contributed by atoms with Crippen molar-refractivity contribution in [3.8, 4) is 5.75 Å². The fourth-order valence-electron chi connectivity index (χ4n) is 2.15. The van der Waals surface area contributed by atoms with Gasteiger partial charge in [0.1, 0.15) is 5.75 Å². The average Bonchev–Trinajstić information content (AvgIpc) is 3.09. The van der Waals surface area contributed by atoms with Crippen LogP contribution < -0.4 is 4.74 Å². The number of ether oxygens (including phenoxy) is 1. The minimum Gasteiger partial charge on any atom is -0.497 e. The number of hydrogen-bond donors (Lipinski definition) is 0. The molecule has 0 atom stereocenters. The Morgan fingerprint density at radius 1 is 1.00 bits per heavy atom. The van der Waals surface area contributed by atoms with Crippen molar-refractivity contribution >= 4 is 18.1 Å². The molecule has 0 aliphatic carbocycles. The largest absolute Gasteiger partial charge is 0.497 e. The predicted octanol–water partition coefficient (Wildman–Crippen LogP) is 3.75. The molecule has 2 aromatic carbocycles. The van der Waals surface area contributed by atoms with Crippen LogP contribution in [-0.2, 0) is 0 Å². The van der Waals surface area contributed by atoms with Crippen LogP contribution in [0, 0.1) is 0 Å². The van der Waals surface area contributed by atoms with Gasteiger partial charge in [-0.25, -0.2) is 4.68 Å². The smallest absolute Gasteiger partial charge is 0.278 e. The molecule has 0 spiro atoms. The van der Waals surface area contributed by atoms with E-state index in [4.69, 9.17) is 4.74 Å². The standard InChI is InChI=1S/C19H16N2O2/c1-23-18-11-8-16(9-12-18)19(22)21-14-13-17(20-21)10-7-15-5-3-2-4-6-15/h2-14H,1H3/b10-7+. The Labute approximate surface area is 134 Å². The molecule has 4 heteroatoms. The lowest BCUT2D eigenvalue weighted by atomic mass is 10.2. The van der Waals surface area contributed by atoms with Crippen molar-refractivity contribution in [2.24, 2.45) is 0 Å². The van der Waals surface area contributed by atoms with Crippen molar-refractivity contribution in [1.82, 2.24) is 9.78 Å². The summed E-state index contributed by atoms with van der Waals surface area (Å²) in [5.41, 5.74) is 2.38. The number of methoxy groups -OCH3 is 1. The Kier molecular flexibility index (Phi) is 4.34. The van der Waals surface area contributed by atoms with Gasteiger partial charge in [-0.3, -0.25) is 4.79 Å². The first-order chi connectivity index (χ1) is 11.3. The molecule has 1 heterocycles. The molecule has 0 saturated carbocycles. The summed E-state index contributed by atoms with van der Waals surface area (Å²) < 4.78 is 6.43. The molecular weight excluding hydrogens is 288 g/mol. The van der Waals surface area contributed by atoms with Gasteiger partial charge in [-0.15, -0.1) is 0 Å². The highest BCUT2D eigenvalue weighted by atomic mass is 16.5. The number of carbonyl (C=O) groups is 1. The van der Waals surface area contributed by atoms with Crippen molar-refractivity contribution in [3.05, 3.63) is 83.7 Å². The van der Waals surface area contributed by atoms with Crippen LogP contribution in [0.15, 0.2) is 66.9 Å². The monoisotopic (exact) mass is 304 g/mol. The zero-order valence-electron chi connectivity index (χ0n) is 12.7. The molecule has 0 saturated heterocycles. The minimum absolute atomic E-state index is 0.174. The quantitative estimate of drug-likeness (QED) is 0.737. The van der Waals surface area contributed by atoms with Gasteiger partial charge < -0.3 is 4.74 Å². The topological polar surface area (TPSA) is 44.1 Å². The molecule has 3 aromatic rings. The molecule has 0 bridgehead atoms. The third-order valence-corrected chi connectivity index (χ3v) is 3.40. The number of rotatable bonds is 4. The van der Waals surface area contributed by atoms with E-state index in [1.807, 2.05) is 42.5 Å². The summed E-state index contributed by atoms with van der Waals surface area (Å²) in [6.45, 7) is 0. The van der Waals surface area contributed by atoms with E-state index in [1.165, 1.54) is 4.68 Å². The molecule has 0 aliphatic rings. The number of aromatic nitrogens is 2. The van der Waals surface area contributed by atoms with Crippen LogP contribution in [-0.4, -0.2) is 22.8 Å². The van der Waals surface area contributed by atoms with Crippen LogP contribution >= 0.6 is 0 Å². The molecule has 3 rings (SSSR count). The maximum Gasteiger partial charge on any atom is 0.278 e. The van der Waals surface area contributed by atoms with E-state index < -0.39 is 0 Å². The summed E-state index contributed by atoms with van der Waals surface area (Å²) in [6, 6.07) is 18.7. The summed E-state index contributed by atoms with van der Waals surface area (Å²) in [4.78, 5) is 12.4. The molecule has 0 unspecified atom stereocenters. The van der Waals surface area contributed by atoms with Crippen molar-refractivity contribution < 1.29 is 9.53 Å². The SMILES string of the molecule is COc1ccc(C(=O)n2ccc(/C=C/c3ccccc3)n2)cc1. The molecule has 0 radical (unpaired) electrons. The summed E-state index contributed by atoms with van der Waals surface area (Å²) in [5, 5.41) is 4.29. The lowest BCUT2D eigenvalue weighted by Crippen LogP contribution is -2.12. The Hall–Kier alpha value is -3.14. The number of carbonyl (C=O) groups excluding carboxylic acids is 1. The van der Waals surface area contributed by atoms with Gasteiger partial charge in [-0.2, -0.15) is 5.10 Å². The first-order valence-corrected chi connectivity index (χ1v) is 7.24. The van der Waals surface area contributed by atoms with E-state index >= 15 is 0 Å². The number of benzene rings is 2. The van der Waals surface area contributed by atoms with E-state index in [0.717, 1.165) is 11.3 Å². The van der Waals surface area contributed by atoms with Gasteiger partial charge in [0.2, 0.25) is 0 Å². The molecule has 0 N–H and O–H groups in total. The van der Waals surface area contributed by atoms with E-state index in [2.05, 4.69) is 5.10 Å². The lowest BCUT2D eigenvalue weighted by molar-refractivity contribution is 0.0945. The Bertz CT molecular complexity index is 818. The van der Waals surface area contributed by atoms with Crippen molar-refractivity contribution in [2.75, 3.05) is 7.11 Å². The summed E-state index contributed by atoms with van der Waals surface area (Å²) in [7, 11) is 1.59. The van der Waals surface area contributed by atoms with E-state index in [9.17, 15) is 4.79 Å². The highest BCUT2D eigenvalue weighted by Crippen LogP contribution is 2.13. The highest BCUT2D eigenvalue weighted by Gasteiger charge is 2.09. The Balaban J connectivity index is 1.75. The van der Waals surface area contributed by atoms with Crippen LogP contribution in [0.5, 0.6) is 5.75 Å². The Morgan fingerprint density at radius 3 is 2.43 bits per heavy atom. The second-order valence-corrected chi connectivity index (χ2v) is 4.96. The highest BCUT2D eigenvalue weighted by molar-refractivity contribution is 5.95. The van der Waals surface area contributed by atoms with Gasteiger partial charge in [-0.1, -0.05) is 36.4 Å². The molecule has 114 valence electrons. The fraction of sp³-hybridized carbons (Fsp3) is 0.0526. The molecule has 0 amide bonds.